The number of para-hydroxylation sites is 6. The molecule has 5 fully saturated rings. The van der Waals surface area contributed by atoms with Crippen LogP contribution in [-0.4, -0.2) is 228 Å². The lowest BCUT2D eigenvalue weighted by Gasteiger charge is -2.38. The molecular weight excluding hydrogens is 1330 g/mol. The molecule has 0 bridgehead atoms. The number of hydrogen-bond acceptors (Lipinski definition) is 24. The number of H-pyrrole nitrogens is 1. The van der Waals surface area contributed by atoms with Crippen LogP contribution < -0.4 is 37.9 Å². The summed E-state index contributed by atoms with van der Waals surface area (Å²) in [7, 11) is -2.17. The number of tetrazole rings is 1. The monoisotopic (exact) mass is 1420 g/mol. The number of sulfonamides is 2. The highest BCUT2D eigenvalue weighted by atomic mass is 32.2. The first-order chi connectivity index (χ1) is 48.6. The third-order valence-electron chi connectivity index (χ3n) is 19.5. The summed E-state index contributed by atoms with van der Waals surface area (Å²) in [5.74, 6) is 9.28. The molecule has 8 aliphatic rings. The van der Waals surface area contributed by atoms with E-state index in [1.54, 1.807) is 35.2 Å². The van der Waals surface area contributed by atoms with Gasteiger partial charge in [0.2, 0.25) is 31.9 Å². The van der Waals surface area contributed by atoms with Gasteiger partial charge in [0, 0.05) is 102 Å². The van der Waals surface area contributed by atoms with E-state index in [1.807, 2.05) is 127 Å². The van der Waals surface area contributed by atoms with Crippen LogP contribution in [0.15, 0.2) is 142 Å². The largest absolute Gasteiger partial charge is 0.497 e. The Balaban J connectivity index is 0.000000136. The van der Waals surface area contributed by atoms with Crippen molar-refractivity contribution in [3.05, 3.63) is 150 Å². The van der Waals surface area contributed by atoms with Crippen LogP contribution in [0.2, 0.25) is 0 Å². The van der Waals surface area contributed by atoms with E-state index in [-0.39, 0.29) is 11.3 Å². The summed E-state index contributed by atoms with van der Waals surface area (Å²) >= 11 is 0. The highest BCUT2D eigenvalue weighted by Gasteiger charge is 2.52. The SMILES string of the molecule is COc1ccc2c(c1)C(N1CCN(CC3(C(=O)NS(C)(=O)=O)CC3)CC1)=Nc1ccccc1O2.COc1ccc2c(c1)C(N1CCN(CC3(c4nn[nH]n4)CC3)CC1)=Nc1ccccc1O2.COc1ccc2c(c1)C(N1CCN(CCC(C)(C)C(=O)NS(C)(=O)=O)CC1)=Nc1ccccc1O2. The number of hydrogen-bond donors (Lipinski definition) is 3. The molecule has 7 aromatic rings. The van der Waals surface area contributed by atoms with Crippen molar-refractivity contribution in [2.75, 3.05) is 132 Å². The number of ether oxygens (including phenoxy) is 6. The van der Waals surface area contributed by atoms with Gasteiger partial charge in [-0.2, -0.15) is 5.21 Å². The second-order valence-electron chi connectivity index (χ2n) is 27.3. The molecule has 6 aliphatic heterocycles. The molecule has 0 radical (unpaired) electrons. The van der Waals surface area contributed by atoms with E-state index < -0.39 is 36.8 Å². The van der Waals surface area contributed by atoms with Gasteiger partial charge in [-0.15, -0.1) is 10.2 Å². The number of fused-ring (bicyclic) bond motifs is 6. The molecule has 532 valence electrons. The number of nitrogens with one attached hydrogen (secondary N) is 3. The highest BCUT2D eigenvalue weighted by Crippen LogP contribution is 2.49. The molecule has 1 aromatic heterocycles. The second kappa shape index (κ2) is 29.1. The molecule has 15 rings (SSSR count). The van der Waals surface area contributed by atoms with Gasteiger partial charge in [-0.3, -0.25) is 33.7 Å². The highest BCUT2D eigenvalue weighted by molar-refractivity contribution is 7.89. The Morgan fingerprint density at radius 1 is 0.505 bits per heavy atom. The molecule has 6 aromatic carbocycles. The number of aromatic nitrogens is 4. The molecule has 0 unspecified atom stereocenters. The summed E-state index contributed by atoms with van der Waals surface area (Å²) in [5.41, 5.74) is 3.78. The smallest absolute Gasteiger partial charge is 0.240 e. The lowest BCUT2D eigenvalue weighted by atomic mass is 9.88. The second-order valence-corrected chi connectivity index (χ2v) is 30.8. The third kappa shape index (κ3) is 16.4. The molecule has 2 aliphatic carbocycles. The number of amidine groups is 3. The molecule has 2 saturated carbocycles. The van der Waals surface area contributed by atoms with Gasteiger partial charge in [-0.05, 0) is 130 Å². The van der Waals surface area contributed by atoms with Crippen molar-refractivity contribution in [3.8, 4) is 51.7 Å². The fourth-order valence-electron chi connectivity index (χ4n) is 13.2. The first kappa shape index (κ1) is 69.8. The summed E-state index contributed by atoms with van der Waals surface area (Å²) in [4.78, 5) is 53.7. The number of rotatable bonds is 15. The van der Waals surface area contributed by atoms with E-state index >= 15 is 0 Å². The molecule has 3 N–H and O–H groups in total. The van der Waals surface area contributed by atoms with Crippen LogP contribution in [0.3, 0.4) is 0 Å². The average Bonchev–Trinajstić information content (AvgIpc) is 1.64. The zero-order valence-electron chi connectivity index (χ0n) is 57.8. The summed E-state index contributed by atoms with van der Waals surface area (Å²) in [5, 5.41) is 14.9. The Labute approximate surface area is 588 Å². The number of carbonyl (C=O) groups excluding carboxylic acids is 2. The first-order valence-corrected chi connectivity index (χ1v) is 37.7. The van der Waals surface area contributed by atoms with Gasteiger partial charge in [0.05, 0.1) is 55.9 Å². The maximum absolute atomic E-state index is 12.5. The average molecular weight is 1420 g/mol. The van der Waals surface area contributed by atoms with Gasteiger partial charge in [0.15, 0.2) is 23.1 Å². The molecule has 29 heteroatoms. The number of carbonyl (C=O) groups is 2. The molecular formula is C72H85N15O12S2. The van der Waals surface area contributed by atoms with Gasteiger partial charge in [0.25, 0.3) is 0 Å². The number of methoxy groups -OCH3 is 3. The minimum absolute atomic E-state index is 0.0712. The predicted molar refractivity (Wildman–Crippen MR) is 382 cm³/mol. The van der Waals surface area contributed by atoms with Crippen molar-refractivity contribution in [2.45, 2.75) is 51.4 Å². The Morgan fingerprint density at radius 3 is 1.25 bits per heavy atom. The van der Waals surface area contributed by atoms with E-state index in [4.69, 9.17) is 43.4 Å². The minimum atomic E-state index is -3.58. The van der Waals surface area contributed by atoms with Gasteiger partial charge in [-0.25, -0.2) is 31.8 Å². The van der Waals surface area contributed by atoms with Crippen LogP contribution >= 0.6 is 0 Å². The quantitative estimate of drug-likeness (QED) is 0.0873. The van der Waals surface area contributed by atoms with E-state index in [1.165, 1.54) is 0 Å². The number of nitrogens with zero attached hydrogens (tertiary/aromatic N) is 12. The Morgan fingerprint density at radius 2 is 0.891 bits per heavy atom. The normalized spacial score (nSPS) is 18.2. The lowest BCUT2D eigenvalue weighted by Crippen LogP contribution is -2.52. The molecule has 0 spiro atoms. The molecule has 27 nitrogen and oxygen atoms in total. The van der Waals surface area contributed by atoms with Crippen LogP contribution in [0, 0.1) is 10.8 Å². The van der Waals surface area contributed by atoms with Crippen LogP contribution in [0.25, 0.3) is 0 Å². The molecule has 7 heterocycles. The van der Waals surface area contributed by atoms with Gasteiger partial charge < -0.3 is 43.1 Å². The molecule has 3 saturated heterocycles. The van der Waals surface area contributed by atoms with Gasteiger partial charge in [0.1, 0.15) is 69.1 Å². The van der Waals surface area contributed by atoms with Crippen LogP contribution in [0.5, 0.6) is 51.7 Å². The number of aromatic amines is 1. The summed E-state index contributed by atoms with van der Waals surface area (Å²) in [6.45, 7) is 15.5. The number of piperazine rings is 3. The standard InChI is InChI=1S/C25H32N4O5S.C24H28N4O5S.C23H25N7O2/c1-25(2,24(30)27-35(4,31)32)11-12-28-13-15-29(16-14-28)23-19-17-18(33-3)9-10-21(19)34-22-8-6-5-7-20(22)26-23;1-32-17-7-8-20-18(15-17)22(25-19-5-3-4-6-21(19)33-20)28-13-11-27(12-14-28)16-24(9-10-24)23(29)26-34(2,30)31;1-31-16-6-7-19-17(14-16)21(24-18-4-2-3-5-20(18)32-19)30-12-10-29(11-13-30)15-23(8-9-23)22-25-27-28-26-22/h5-10,17H,11-16H2,1-4H3,(H,27,30);3-8,15H,9-14,16H2,1-2H3,(H,26,29);2-7,14H,8-13,15H2,1H3,(H,25,26,27,28). The predicted octanol–water partition coefficient (Wildman–Crippen LogP) is 8.08. The van der Waals surface area contributed by atoms with Crippen molar-refractivity contribution in [2.24, 2.45) is 25.8 Å². The lowest BCUT2D eigenvalue weighted by molar-refractivity contribution is -0.128. The minimum Gasteiger partial charge on any atom is -0.497 e. The zero-order valence-corrected chi connectivity index (χ0v) is 59.5. The summed E-state index contributed by atoms with van der Waals surface area (Å²) in [6.07, 6.45) is 6.23. The topological polar surface area (TPSA) is 293 Å². The van der Waals surface area contributed by atoms with Crippen molar-refractivity contribution in [3.63, 3.8) is 0 Å². The fraction of sp³-hybridized carbons (Fsp3) is 0.417. The zero-order chi connectivity index (χ0) is 70.7. The van der Waals surface area contributed by atoms with Crippen molar-refractivity contribution >= 4 is 66.4 Å². The number of aliphatic imine (C=N–C) groups is 3. The van der Waals surface area contributed by atoms with Crippen molar-refractivity contribution < 1.29 is 54.8 Å². The Bertz CT molecular complexity index is 4540. The van der Waals surface area contributed by atoms with Crippen molar-refractivity contribution in [1.29, 1.82) is 0 Å². The molecule has 2 amide bonds. The van der Waals surface area contributed by atoms with Gasteiger partial charge >= 0.3 is 0 Å². The van der Waals surface area contributed by atoms with Crippen LogP contribution in [0.1, 0.15) is 68.5 Å². The fourth-order valence-corrected chi connectivity index (χ4v) is 14.4. The van der Waals surface area contributed by atoms with E-state index in [2.05, 4.69) is 59.5 Å². The summed E-state index contributed by atoms with van der Waals surface area (Å²) < 4.78 is 85.1. The van der Waals surface area contributed by atoms with Crippen LogP contribution in [-0.2, 0) is 35.1 Å². The third-order valence-corrected chi connectivity index (χ3v) is 20.6. The number of amides is 2. The maximum atomic E-state index is 12.5. The summed E-state index contributed by atoms with van der Waals surface area (Å²) in [6, 6.07) is 40.7. The van der Waals surface area contributed by atoms with E-state index in [0.29, 0.717) is 43.9 Å². The van der Waals surface area contributed by atoms with E-state index in [0.717, 1.165) is 208 Å². The Kier molecular flexibility index (Phi) is 20.1. The molecule has 0 atom stereocenters. The van der Waals surface area contributed by atoms with Crippen molar-refractivity contribution in [1.82, 2.24) is 59.5 Å². The van der Waals surface area contributed by atoms with Gasteiger partial charge in [-0.1, -0.05) is 55.5 Å². The first-order valence-electron chi connectivity index (χ1n) is 33.9. The Hall–Kier alpha value is -9.68. The number of benzene rings is 6. The van der Waals surface area contributed by atoms with Crippen LogP contribution in [0.4, 0.5) is 17.1 Å². The maximum Gasteiger partial charge on any atom is 0.240 e. The van der Waals surface area contributed by atoms with E-state index in [9.17, 15) is 26.4 Å². The molecule has 101 heavy (non-hydrogen) atoms.